The van der Waals surface area contributed by atoms with E-state index in [1.165, 1.54) is 29.4 Å². The molecule has 0 spiro atoms. The Morgan fingerprint density at radius 2 is 2.21 bits per heavy atom. The van der Waals surface area contributed by atoms with Crippen molar-refractivity contribution in [3.63, 3.8) is 0 Å². The van der Waals surface area contributed by atoms with Crippen LogP contribution in [0.25, 0.3) is 0 Å². The van der Waals surface area contributed by atoms with Crippen LogP contribution in [0.15, 0.2) is 24.3 Å². The second-order valence-electron chi connectivity index (χ2n) is 4.76. The van der Waals surface area contributed by atoms with Gasteiger partial charge in [-0.2, -0.15) is 9.65 Å². The van der Waals surface area contributed by atoms with Crippen LogP contribution in [-0.4, -0.2) is 18.0 Å². The first-order valence-electron chi connectivity index (χ1n) is 6.66. The molecule has 124 valence electrons. The first kappa shape index (κ1) is 17.4. The molecule has 7 nitrogen and oxygen atoms in total. The number of hydrogen-bond donors (Lipinski definition) is 0. The summed E-state index contributed by atoms with van der Waals surface area (Å²) in [6.07, 6.45) is 1.91. The average molecular weight is 349 g/mol. The number of nitro groups is 1. The smallest absolute Gasteiger partial charge is 0.348 e. The van der Waals surface area contributed by atoms with Crippen LogP contribution in [0.3, 0.4) is 0 Å². The molecule has 0 radical (unpaired) electrons. The van der Waals surface area contributed by atoms with Gasteiger partial charge in [0, 0.05) is 10.9 Å². The number of hydrogen-bond acceptors (Lipinski definition) is 7. The zero-order valence-corrected chi connectivity index (χ0v) is 13.6. The molecule has 1 heterocycles. The van der Waals surface area contributed by atoms with E-state index >= 15 is 0 Å². The molecule has 0 aliphatic carbocycles. The molecule has 0 bridgehead atoms. The zero-order chi connectivity index (χ0) is 17.9. The summed E-state index contributed by atoms with van der Waals surface area (Å²) in [4.78, 5) is 23.9. The summed E-state index contributed by atoms with van der Waals surface area (Å²) in [6, 6.07) is 4.84. The van der Waals surface area contributed by atoms with E-state index in [-0.39, 0.29) is 12.2 Å². The molecule has 2 rings (SSSR count). The predicted octanol–water partition coefficient (Wildman–Crippen LogP) is 3.38. The molecule has 2 aromatic rings. The molecule has 0 saturated heterocycles. The molecule has 0 amide bonds. The van der Waals surface area contributed by atoms with Crippen molar-refractivity contribution >= 4 is 28.7 Å². The Morgan fingerprint density at radius 1 is 1.50 bits per heavy atom. The fourth-order valence-electron chi connectivity index (χ4n) is 2.04. The van der Waals surface area contributed by atoms with Gasteiger partial charge in [0.25, 0.3) is 0 Å². The van der Waals surface area contributed by atoms with Crippen molar-refractivity contribution in [3.05, 3.63) is 55.5 Å². The van der Waals surface area contributed by atoms with Crippen LogP contribution in [-0.2, 0) is 11.3 Å². The molecule has 0 saturated carbocycles. The second-order valence-corrected chi connectivity index (χ2v) is 6.02. The van der Waals surface area contributed by atoms with Crippen LogP contribution < -0.4 is 4.90 Å². The first-order chi connectivity index (χ1) is 11.4. The van der Waals surface area contributed by atoms with E-state index in [0.29, 0.717) is 10.4 Å². The fourth-order valence-corrected chi connectivity index (χ4v) is 2.99. The van der Waals surface area contributed by atoms with Crippen molar-refractivity contribution in [3.8, 4) is 6.19 Å². The van der Waals surface area contributed by atoms with Gasteiger partial charge in [0.15, 0.2) is 6.19 Å². The maximum atomic E-state index is 13.4. The molecular weight excluding hydrogens is 337 g/mol. The molecule has 0 aliphatic rings. The Labute approximate surface area is 140 Å². The first-order valence-corrected chi connectivity index (χ1v) is 7.47. The average Bonchev–Trinajstić information content (AvgIpc) is 2.93. The van der Waals surface area contributed by atoms with Crippen LogP contribution in [0.1, 0.15) is 20.1 Å². The van der Waals surface area contributed by atoms with Gasteiger partial charge in [-0.05, 0) is 30.7 Å². The Balaban J connectivity index is 2.33. The number of thiophene rings is 1. The number of esters is 1. The number of ether oxygens (including phenoxy) is 1. The number of benzene rings is 1. The third-order valence-corrected chi connectivity index (χ3v) is 4.37. The minimum Gasteiger partial charge on any atom is -0.465 e. The number of aryl methyl sites for hydroxylation is 1. The van der Waals surface area contributed by atoms with E-state index < -0.39 is 22.4 Å². The van der Waals surface area contributed by atoms with Gasteiger partial charge in [0.05, 0.1) is 24.3 Å². The number of anilines is 1. The fraction of sp³-hybridized carbons (Fsp3) is 0.200. The number of halogens is 1. The lowest BCUT2D eigenvalue weighted by atomic mass is 10.2. The van der Waals surface area contributed by atoms with E-state index in [1.54, 1.807) is 13.0 Å². The summed E-state index contributed by atoms with van der Waals surface area (Å²) in [7, 11) is 1.27. The number of nitriles is 1. The summed E-state index contributed by atoms with van der Waals surface area (Å²) < 4.78 is 18.1. The third kappa shape index (κ3) is 3.49. The largest absolute Gasteiger partial charge is 0.465 e. The molecule has 1 aromatic heterocycles. The Kier molecular flexibility index (Phi) is 5.11. The number of carbonyl (C=O) groups excluding carboxylic acids is 1. The number of carbonyl (C=O) groups is 1. The highest BCUT2D eigenvalue weighted by molar-refractivity contribution is 7.14. The number of rotatable bonds is 5. The lowest BCUT2D eigenvalue weighted by Crippen LogP contribution is -2.16. The van der Waals surface area contributed by atoms with Crippen molar-refractivity contribution in [1.29, 1.82) is 5.26 Å². The van der Waals surface area contributed by atoms with Crippen LogP contribution in [0.4, 0.5) is 15.8 Å². The van der Waals surface area contributed by atoms with Crippen LogP contribution in [0.2, 0.25) is 0 Å². The monoisotopic (exact) mass is 349 g/mol. The number of nitro benzene ring substituents is 1. The van der Waals surface area contributed by atoms with Crippen molar-refractivity contribution in [2.45, 2.75) is 13.5 Å². The molecule has 24 heavy (non-hydrogen) atoms. The minimum atomic E-state index is -0.971. The van der Waals surface area contributed by atoms with Gasteiger partial charge in [-0.15, -0.1) is 11.3 Å². The van der Waals surface area contributed by atoms with Gasteiger partial charge in [0.1, 0.15) is 4.88 Å². The number of nitrogens with zero attached hydrogens (tertiary/aromatic N) is 3. The third-order valence-electron chi connectivity index (χ3n) is 3.29. The lowest BCUT2D eigenvalue weighted by molar-refractivity contribution is -0.387. The summed E-state index contributed by atoms with van der Waals surface area (Å²) >= 11 is 1.23. The van der Waals surface area contributed by atoms with Gasteiger partial charge in [-0.1, -0.05) is 0 Å². The zero-order valence-electron chi connectivity index (χ0n) is 12.8. The van der Waals surface area contributed by atoms with Crippen molar-refractivity contribution in [2.24, 2.45) is 0 Å². The highest BCUT2D eigenvalue weighted by Gasteiger charge is 2.19. The molecule has 9 heteroatoms. The molecular formula is C15H12FN3O4S. The van der Waals surface area contributed by atoms with Gasteiger partial charge in [-0.3, -0.25) is 15.0 Å². The minimum absolute atomic E-state index is 0.0958. The van der Waals surface area contributed by atoms with Gasteiger partial charge >= 0.3 is 11.7 Å². The Morgan fingerprint density at radius 3 is 2.79 bits per heavy atom. The summed E-state index contributed by atoms with van der Waals surface area (Å²) in [5.41, 5.74) is 0.190. The van der Waals surface area contributed by atoms with Crippen LogP contribution in [0.5, 0.6) is 0 Å². The van der Waals surface area contributed by atoms with Crippen LogP contribution in [0, 0.1) is 34.3 Å². The lowest BCUT2D eigenvalue weighted by Gasteiger charge is -2.15. The van der Waals surface area contributed by atoms with Gasteiger partial charge in [0.2, 0.25) is 5.82 Å². The van der Waals surface area contributed by atoms with E-state index in [2.05, 4.69) is 4.74 Å². The molecule has 0 aliphatic heterocycles. The maximum absolute atomic E-state index is 13.4. The van der Waals surface area contributed by atoms with E-state index in [9.17, 15) is 24.6 Å². The quantitative estimate of drug-likeness (QED) is 0.270. The van der Waals surface area contributed by atoms with Crippen molar-refractivity contribution in [2.75, 3.05) is 12.0 Å². The molecule has 0 unspecified atom stereocenters. The van der Waals surface area contributed by atoms with Crippen molar-refractivity contribution < 1.29 is 18.8 Å². The molecule has 1 aromatic carbocycles. The molecule has 0 fully saturated rings. The SMILES string of the molecule is COC(=O)c1cc(CN(C#N)c2ccc(F)c([N+](=O)[O-])c2)c(C)s1. The summed E-state index contributed by atoms with van der Waals surface area (Å²) in [5.74, 6) is -1.45. The molecule has 0 N–H and O–H groups in total. The summed E-state index contributed by atoms with van der Waals surface area (Å²) in [6.45, 7) is 1.88. The Bertz CT molecular complexity index is 844. The molecule has 0 atom stereocenters. The maximum Gasteiger partial charge on any atom is 0.348 e. The summed E-state index contributed by atoms with van der Waals surface area (Å²) in [5, 5.41) is 20.1. The Hall–Kier alpha value is -2.99. The second kappa shape index (κ2) is 7.06. The van der Waals surface area contributed by atoms with E-state index in [1.807, 2.05) is 6.19 Å². The predicted molar refractivity (Wildman–Crippen MR) is 85.2 cm³/mol. The normalized spacial score (nSPS) is 10.1. The topological polar surface area (TPSA) is 96.5 Å². The van der Waals surface area contributed by atoms with Gasteiger partial charge in [-0.25, -0.2) is 4.79 Å². The van der Waals surface area contributed by atoms with Gasteiger partial charge < -0.3 is 4.74 Å². The highest BCUT2D eigenvalue weighted by Crippen LogP contribution is 2.28. The van der Waals surface area contributed by atoms with E-state index in [0.717, 1.165) is 17.0 Å². The van der Waals surface area contributed by atoms with Crippen molar-refractivity contribution in [1.82, 2.24) is 0 Å². The van der Waals surface area contributed by atoms with Crippen LogP contribution >= 0.6 is 11.3 Å². The number of methoxy groups -OCH3 is 1. The van der Waals surface area contributed by atoms with E-state index in [4.69, 9.17) is 0 Å². The highest BCUT2D eigenvalue weighted by atomic mass is 32.1. The standard InChI is InChI=1S/C15H12FN3O4S/c1-9-10(5-14(24-9)15(20)23-2)7-18(8-17)11-3-4-12(16)13(6-11)19(21)22/h3-6H,7H2,1-2H3.